The smallest absolute Gasteiger partial charge is 0.0822 e. The maximum Gasteiger partial charge on any atom is 0.0822 e. The van der Waals surface area contributed by atoms with Crippen LogP contribution in [0.4, 0.5) is 0 Å². The lowest BCUT2D eigenvalue weighted by Crippen LogP contribution is -1.99. The van der Waals surface area contributed by atoms with Crippen LogP contribution in [0.3, 0.4) is 0 Å². The van der Waals surface area contributed by atoms with E-state index < -0.39 is 0 Å². The zero-order chi connectivity index (χ0) is 13.3. The Labute approximate surface area is 114 Å². The minimum absolute atomic E-state index is 0.761. The Kier molecular flexibility index (Phi) is 16.8. The Morgan fingerprint density at radius 1 is 0.444 bits per heavy atom. The second-order valence-electron chi connectivity index (χ2n) is 5.18. The van der Waals surface area contributed by atoms with Crippen LogP contribution in [0.1, 0.15) is 90.9 Å². The first-order chi connectivity index (χ1) is 8.91. The van der Waals surface area contributed by atoms with E-state index in [9.17, 15) is 0 Å². The number of unbranched alkanes of at least 4 members (excludes halogenated alkanes) is 10. The molecular formula is C16H34O2. The van der Waals surface area contributed by atoms with Crippen LogP contribution in [0, 0.1) is 0 Å². The molecular weight excluding hydrogens is 224 g/mol. The third-order valence-corrected chi connectivity index (χ3v) is 3.25. The van der Waals surface area contributed by atoms with Gasteiger partial charge in [-0.05, 0) is 12.8 Å². The summed E-state index contributed by atoms with van der Waals surface area (Å²) >= 11 is 0. The van der Waals surface area contributed by atoms with Crippen molar-refractivity contribution < 1.29 is 9.78 Å². The minimum atomic E-state index is 0.761. The van der Waals surface area contributed by atoms with Crippen molar-refractivity contribution in [3.05, 3.63) is 0 Å². The fraction of sp³-hybridized carbons (Fsp3) is 1.00. The van der Waals surface area contributed by atoms with E-state index >= 15 is 0 Å². The zero-order valence-corrected chi connectivity index (χ0v) is 12.7. The Morgan fingerprint density at radius 2 is 0.778 bits per heavy atom. The summed E-state index contributed by atoms with van der Waals surface area (Å²) in [6.45, 7) is 6.01. The summed E-state index contributed by atoms with van der Waals surface area (Å²) in [6.07, 6.45) is 15.7. The standard InChI is InChI=1S/C16H34O2/c1-3-5-7-9-10-11-12-14-16-18-17-15-13-8-6-4-2/h3-16H2,1-2H3. The minimum Gasteiger partial charge on any atom is -0.237 e. The summed E-state index contributed by atoms with van der Waals surface area (Å²) in [5.74, 6) is 0. The maximum atomic E-state index is 5.16. The lowest BCUT2D eigenvalue weighted by Gasteiger charge is -2.04. The quantitative estimate of drug-likeness (QED) is 0.214. The van der Waals surface area contributed by atoms with Crippen LogP contribution >= 0.6 is 0 Å². The van der Waals surface area contributed by atoms with Gasteiger partial charge < -0.3 is 0 Å². The summed E-state index contributed by atoms with van der Waals surface area (Å²) in [4.78, 5) is 10.3. The molecule has 0 aliphatic rings. The summed E-state index contributed by atoms with van der Waals surface area (Å²) in [7, 11) is 0. The summed E-state index contributed by atoms with van der Waals surface area (Å²) in [6, 6.07) is 0. The molecule has 2 heteroatoms. The molecule has 0 saturated carbocycles. The van der Waals surface area contributed by atoms with Gasteiger partial charge in [0.15, 0.2) is 0 Å². The first-order valence-corrected chi connectivity index (χ1v) is 8.16. The molecule has 0 spiro atoms. The van der Waals surface area contributed by atoms with Gasteiger partial charge in [-0.25, -0.2) is 9.78 Å². The topological polar surface area (TPSA) is 18.5 Å². The average Bonchev–Trinajstić information content (AvgIpc) is 2.39. The Balaban J connectivity index is 2.86. The third kappa shape index (κ3) is 15.9. The predicted molar refractivity (Wildman–Crippen MR) is 78.7 cm³/mol. The monoisotopic (exact) mass is 258 g/mol. The highest BCUT2D eigenvalue weighted by Crippen LogP contribution is 2.08. The normalized spacial score (nSPS) is 11.0. The average molecular weight is 258 g/mol. The Morgan fingerprint density at radius 3 is 1.22 bits per heavy atom. The van der Waals surface area contributed by atoms with Crippen LogP contribution in [0.25, 0.3) is 0 Å². The van der Waals surface area contributed by atoms with E-state index in [4.69, 9.17) is 9.78 Å². The second-order valence-corrected chi connectivity index (χ2v) is 5.18. The second kappa shape index (κ2) is 16.9. The maximum absolute atomic E-state index is 5.16. The lowest BCUT2D eigenvalue weighted by molar-refractivity contribution is -0.295. The molecule has 0 aromatic rings. The molecule has 18 heavy (non-hydrogen) atoms. The van der Waals surface area contributed by atoms with Gasteiger partial charge in [-0.3, -0.25) is 0 Å². The molecule has 0 fully saturated rings. The first kappa shape index (κ1) is 17.9. The fourth-order valence-electron chi connectivity index (χ4n) is 2.00. The largest absolute Gasteiger partial charge is 0.237 e. The van der Waals surface area contributed by atoms with E-state index in [1.165, 1.54) is 64.2 Å². The van der Waals surface area contributed by atoms with Crippen molar-refractivity contribution in [3.8, 4) is 0 Å². The highest BCUT2D eigenvalue weighted by Gasteiger charge is 1.93. The highest BCUT2D eigenvalue weighted by atomic mass is 17.2. The summed E-state index contributed by atoms with van der Waals surface area (Å²) in [5, 5.41) is 0. The first-order valence-electron chi connectivity index (χ1n) is 8.16. The molecule has 0 rings (SSSR count). The van der Waals surface area contributed by atoms with Crippen LogP contribution in [0.5, 0.6) is 0 Å². The van der Waals surface area contributed by atoms with Crippen molar-refractivity contribution in [1.29, 1.82) is 0 Å². The van der Waals surface area contributed by atoms with Gasteiger partial charge in [0, 0.05) is 0 Å². The fourth-order valence-corrected chi connectivity index (χ4v) is 2.00. The number of rotatable bonds is 15. The lowest BCUT2D eigenvalue weighted by atomic mass is 10.1. The van der Waals surface area contributed by atoms with Gasteiger partial charge in [0.1, 0.15) is 0 Å². The molecule has 0 atom stereocenters. The highest BCUT2D eigenvalue weighted by molar-refractivity contribution is 4.45. The van der Waals surface area contributed by atoms with Gasteiger partial charge in [0.2, 0.25) is 0 Å². The molecule has 0 aliphatic carbocycles. The van der Waals surface area contributed by atoms with Crippen LogP contribution in [0.2, 0.25) is 0 Å². The van der Waals surface area contributed by atoms with Gasteiger partial charge in [0.05, 0.1) is 13.2 Å². The van der Waals surface area contributed by atoms with Gasteiger partial charge >= 0.3 is 0 Å². The van der Waals surface area contributed by atoms with Crippen molar-refractivity contribution in [2.24, 2.45) is 0 Å². The van der Waals surface area contributed by atoms with Crippen LogP contribution in [-0.4, -0.2) is 13.2 Å². The van der Waals surface area contributed by atoms with E-state index in [1.54, 1.807) is 0 Å². The van der Waals surface area contributed by atoms with Crippen molar-refractivity contribution in [2.45, 2.75) is 90.9 Å². The van der Waals surface area contributed by atoms with E-state index in [0.717, 1.165) is 26.1 Å². The van der Waals surface area contributed by atoms with Crippen molar-refractivity contribution in [3.63, 3.8) is 0 Å². The summed E-state index contributed by atoms with van der Waals surface area (Å²) < 4.78 is 0. The van der Waals surface area contributed by atoms with Crippen molar-refractivity contribution >= 4 is 0 Å². The van der Waals surface area contributed by atoms with E-state index in [0.29, 0.717) is 0 Å². The Hall–Kier alpha value is -0.0800. The SMILES string of the molecule is CCCCCCCCCCOOCCCCCC. The molecule has 0 aliphatic heterocycles. The predicted octanol–water partition coefficient (Wildman–Crippen LogP) is 5.66. The molecule has 0 unspecified atom stereocenters. The van der Waals surface area contributed by atoms with Crippen LogP contribution in [-0.2, 0) is 9.78 Å². The molecule has 0 amide bonds. The molecule has 2 nitrogen and oxygen atoms in total. The number of hydrogen-bond acceptors (Lipinski definition) is 2. The van der Waals surface area contributed by atoms with E-state index in [-0.39, 0.29) is 0 Å². The summed E-state index contributed by atoms with van der Waals surface area (Å²) in [5.41, 5.74) is 0. The van der Waals surface area contributed by atoms with Gasteiger partial charge in [-0.1, -0.05) is 78.1 Å². The molecule has 0 aromatic heterocycles. The zero-order valence-electron chi connectivity index (χ0n) is 12.7. The van der Waals surface area contributed by atoms with Gasteiger partial charge in [-0.15, -0.1) is 0 Å². The van der Waals surface area contributed by atoms with Gasteiger partial charge in [0.25, 0.3) is 0 Å². The van der Waals surface area contributed by atoms with Gasteiger partial charge in [-0.2, -0.15) is 0 Å². The molecule has 0 aromatic carbocycles. The van der Waals surface area contributed by atoms with Crippen LogP contribution < -0.4 is 0 Å². The van der Waals surface area contributed by atoms with Crippen molar-refractivity contribution in [1.82, 2.24) is 0 Å². The molecule has 0 bridgehead atoms. The Bertz CT molecular complexity index is 121. The molecule has 110 valence electrons. The molecule has 0 heterocycles. The van der Waals surface area contributed by atoms with E-state index in [2.05, 4.69) is 13.8 Å². The van der Waals surface area contributed by atoms with Crippen LogP contribution in [0.15, 0.2) is 0 Å². The number of hydrogen-bond donors (Lipinski definition) is 0. The third-order valence-electron chi connectivity index (χ3n) is 3.25. The van der Waals surface area contributed by atoms with Crippen molar-refractivity contribution in [2.75, 3.05) is 13.2 Å². The molecule has 0 saturated heterocycles. The molecule has 0 N–H and O–H groups in total. The van der Waals surface area contributed by atoms with E-state index in [1.807, 2.05) is 0 Å². The molecule has 0 radical (unpaired) electrons.